The van der Waals surface area contributed by atoms with Crippen LogP contribution in [0.5, 0.6) is 0 Å². The molecule has 0 amide bonds. The van der Waals surface area contributed by atoms with E-state index in [0.717, 1.165) is 0 Å². The molecule has 1 aromatic heterocycles. The van der Waals surface area contributed by atoms with E-state index < -0.39 is 23.6 Å². The van der Waals surface area contributed by atoms with Crippen LogP contribution in [-0.4, -0.2) is 22.1 Å². The van der Waals surface area contributed by atoms with E-state index in [4.69, 9.17) is 17.3 Å². The highest BCUT2D eigenvalue weighted by Gasteiger charge is 2.73. The lowest BCUT2D eigenvalue weighted by Crippen LogP contribution is -2.50. The number of aryl methyl sites for hydroxylation is 2. The predicted octanol–water partition coefficient (Wildman–Crippen LogP) is 6.68. The van der Waals surface area contributed by atoms with Crippen LogP contribution in [0, 0.1) is 13.8 Å². The smallest absolute Gasteiger partial charge is 0.398 e. The van der Waals surface area contributed by atoms with Gasteiger partial charge in [0.15, 0.2) is 0 Å². The molecule has 11 heteroatoms. The Morgan fingerprint density at radius 3 is 1.90 bits per heavy atom. The van der Waals surface area contributed by atoms with Gasteiger partial charge in [-0.3, -0.25) is 0 Å². The second-order valence-corrected chi connectivity index (χ2v) is 7.43. The second kappa shape index (κ2) is 7.44. The minimum atomic E-state index is -6.18. The van der Waals surface area contributed by atoms with E-state index in [1.54, 1.807) is 18.2 Å². The lowest BCUT2D eigenvalue weighted by Gasteiger charge is -2.31. The van der Waals surface area contributed by atoms with Gasteiger partial charge in [-0.25, -0.2) is 9.07 Å². The summed E-state index contributed by atoms with van der Waals surface area (Å²) in [6.07, 6.45) is -9.40. The molecule has 0 radical (unpaired) electrons. The molecule has 2 N–H and O–H groups in total. The first kappa shape index (κ1) is 22.9. The molecule has 0 saturated heterocycles. The van der Waals surface area contributed by atoms with Crippen molar-refractivity contribution in [2.75, 3.05) is 5.73 Å². The minimum absolute atomic E-state index is 0.0178. The standard InChI is InChI=1S/C20H15ClF7N3/c1-10-5-14(18(22,19(23,24)25)20(26,27)28)6-11(2)17(10)31-9-13(8-30-31)12-3-4-15(21)16(29)7-12/h3-9H,29H2,1-2H3. The van der Waals surface area contributed by atoms with Gasteiger partial charge in [0.2, 0.25) is 0 Å². The normalized spacial score (nSPS) is 13.0. The molecule has 0 spiro atoms. The Hall–Kier alpha value is -2.75. The maximum atomic E-state index is 14.4. The molecule has 0 bridgehead atoms. The van der Waals surface area contributed by atoms with Crippen molar-refractivity contribution in [1.29, 1.82) is 0 Å². The zero-order valence-electron chi connectivity index (χ0n) is 16.0. The van der Waals surface area contributed by atoms with Crippen molar-refractivity contribution < 1.29 is 30.7 Å². The SMILES string of the molecule is Cc1cc(C(F)(C(F)(F)F)C(F)(F)F)cc(C)c1-n1cc(-c2ccc(Cl)c(N)c2)cn1. The Bertz CT molecular complexity index is 1100. The summed E-state index contributed by atoms with van der Waals surface area (Å²) in [7, 11) is 0. The van der Waals surface area contributed by atoms with Gasteiger partial charge in [0.1, 0.15) is 0 Å². The maximum absolute atomic E-state index is 14.4. The van der Waals surface area contributed by atoms with Crippen molar-refractivity contribution in [3.8, 4) is 16.8 Å². The molecule has 3 nitrogen and oxygen atoms in total. The zero-order chi connectivity index (χ0) is 23.4. The number of nitrogens with zero attached hydrogens (tertiary/aromatic N) is 2. The number of rotatable bonds is 3. The van der Waals surface area contributed by atoms with Gasteiger partial charge in [-0.15, -0.1) is 0 Å². The average molecular weight is 466 g/mol. The molecular weight excluding hydrogens is 451 g/mol. The zero-order valence-corrected chi connectivity index (χ0v) is 16.8. The number of aromatic nitrogens is 2. The Morgan fingerprint density at radius 1 is 0.871 bits per heavy atom. The summed E-state index contributed by atoms with van der Waals surface area (Å²) in [5.74, 6) is 0. The lowest BCUT2D eigenvalue weighted by atomic mass is 9.90. The van der Waals surface area contributed by atoms with Crippen LogP contribution in [0.4, 0.5) is 36.4 Å². The molecule has 3 aromatic rings. The summed E-state index contributed by atoms with van der Waals surface area (Å²) in [6, 6.07) is 5.91. The summed E-state index contributed by atoms with van der Waals surface area (Å²) >= 11 is 5.89. The topological polar surface area (TPSA) is 43.8 Å². The largest absolute Gasteiger partial charge is 0.435 e. The Labute approximate surface area is 177 Å². The number of hydrogen-bond acceptors (Lipinski definition) is 2. The lowest BCUT2D eigenvalue weighted by molar-refractivity contribution is -0.348. The van der Waals surface area contributed by atoms with Crippen LogP contribution in [0.15, 0.2) is 42.7 Å². The molecule has 0 atom stereocenters. The van der Waals surface area contributed by atoms with Crippen LogP contribution in [0.1, 0.15) is 16.7 Å². The van der Waals surface area contributed by atoms with Crippen molar-refractivity contribution in [3.63, 3.8) is 0 Å². The Kier molecular flexibility index (Phi) is 5.50. The first-order valence-electron chi connectivity index (χ1n) is 8.71. The molecule has 0 aliphatic heterocycles. The third-order valence-electron chi connectivity index (χ3n) is 4.81. The molecular formula is C20H15ClF7N3. The molecule has 0 unspecified atom stereocenters. The number of nitrogens with two attached hydrogens (primary N) is 1. The Morgan fingerprint density at radius 2 is 1.42 bits per heavy atom. The molecule has 3 rings (SSSR count). The van der Waals surface area contributed by atoms with Gasteiger partial charge in [0.25, 0.3) is 0 Å². The van der Waals surface area contributed by atoms with Gasteiger partial charge >= 0.3 is 18.0 Å². The van der Waals surface area contributed by atoms with Gasteiger partial charge in [-0.05, 0) is 42.7 Å². The number of anilines is 1. The van der Waals surface area contributed by atoms with Gasteiger partial charge < -0.3 is 5.73 Å². The quantitative estimate of drug-likeness (QED) is 0.346. The van der Waals surface area contributed by atoms with Crippen molar-refractivity contribution >= 4 is 17.3 Å². The summed E-state index contributed by atoms with van der Waals surface area (Å²) in [6.45, 7) is 2.56. The number of benzene rings is 2. The van der Waals surface area contributed by atoms with Gasteiger partial charge in [-0.1, -0.05) is 29.8 Å². The summed E-state index contributed by atoms with van der Waals surface area (Å²) < 4.78 is 94.3. The first-order chi connectivity index (χ1) is 14.2. The van der Waals surface area contributed by atoms with Gasteiger partial charge in [0, 0.05) is 17.3 Å². The van der Waals surface area contributed by atoms with Crippen LogP contribution in [-0.2, 0) is 5.67 Å². The molecule has 0 aliphatic carbocycles. The first-order valence-corrected chi connectivity index (χ1v) is 9.09. The number of alkyl halides is 7. The van der Waals surface area contributed by atoms with Crippen LogP contribution in [0.3, 0.4) is 0 Å². The molecule has 1 heterocycles. The highest BCUT2D eigenvalue weighted by molar-refractivity contribution is 6.33. The van der Waals surface area contributed by atoms with Gasteiger partial charge in [-0.2, -0.15) is 31.4 Å². The summed E-state index contributed by atoms with van der Waals surface area (Å²) in [5, 5.41) is 4.48. The van der Waals surface area contributed by atoms with E-state index in [1.165, 1.54) is 30.9 Å². The summed E-state index contributed by atoms with van der Waals surface area (Å²) in [4.78, 5) is 0. The van der Waals surface area contributed by atoms with Crippen molar-refractivity contribution in [2.24, 2.45) is 0 Å². The predicted molar refractivity (Wildman–Crippen MR) is 103 cm³/mol. The fraction of sp³-hybridized carbons (Fsp3) is 0.250. The molecule has 2 aromatic carbocycles. The minimum Gasteiger partial charge on any atom is -0.398 e. The highest BCUT2D eigenvalue weighted by Crippen LogP contribution is 2.53. The third kappa shape index (κ3) is 3.84. The van der Waals surface area contributed by atoms with Crippen molar-refractivity contribution in [3.05, 3.63) is 64.4 Å². The fourth-order valence-corrected chi connectivity index (χ4v) is 3.44. The van der Waals surface area contributed by atoms with E-state index in [2.05, 4.69) is 5.10 Å². The molecule has 0 aliphatic rings. The molecule has 31 heavy (non-hydrogen) atoms. The fourth-order valence-electron chi connectivity index (χ4n) is 3.32. The number of halogens is 8. The van der Waals surface area contributed by atoms with Crippen LogP contribution >= 0.6 is 11.6 Å². The Balaban J connectivity index is 2.10. The van der Waals surface area contributed by atoms with E-state index in [-0.39, 0.29) is 16.8 Å². The number of nitrogen functional groups attached to an aromatic ring is 1. The number of hydrogen-bond donors (Lipinski definition) is 1. The van der Waals surface area contributed by atoms with E-state index in [1.807, 2.05) is 0 Å². The molecule has 0 saturated carbocycles. The second-order valence-electron chi connectivity index (χ2n) is 7.02. The van der Waals surface area contributed by atoms with Gasteiger partial charge in [0.05, 0.1) is 22.6 Å². The van der Waals surface area contributed by atoms with Crippen molar-refractivity contribution in [2.45, 2.75) is 31.9 Å². The average Bonchev–Trinajstić information content (AvgIpc) is 3.10. The molecule has 0 fully saturated rings. The summed E-state index contributed by atoms with van der Waals surface area (Å²) in [5.41, 5.74) is 0.481. The highest BCUT2D eigenvalue weighted by atomic mass is 35.5. The van der Waals surface area contributed by atoms with Crippen LogP contribution < -0.4 is 5.73 Å². The van der Waals surface area contributed by atoms with Crippen LogP contribution in [0.2, 0.25) is 5.02 Å². The van der Waals surface area contributed by atoms with E-state index in [9.17, 15) is 30.7 Å². The third-order valence-corrected chi connectivity index (χ3v) is 5.16. The maximum Gasteiger partial charge on any atom is 0.435 e. The van der Waals surface area contributed by atoms with Crippen LogP contribution in [0.25, 0.3) is 16.8 Å². The van der Waals surface area contributed by atoms with E-state index >= 15 is 0 Å². The van der Waals surface area contributed by atoms with E-state index in [0.29, 0.717) is 34.0 Å². The molecule has 166 valence electrons. The monoisotopic (exact) mass is 465 g/mol. The van der Waals surface area contributed by atoms with Crippen molar-refractivity contribution in [1.82, 2.24) is 9.78 Å².